The van der Waals surface area contributed by atoms with E-state index in [0.717, 1.165) is 59.5 Å². The van der Waals surface area contributed by atoms with E-state index in [1.54, 1.807) is 35.6 Å². The van der Waals surface area contributed by atoms with Crippen molar-refractivity contribution in [2.75, 3.05) is 0 Å². The zero-order valence-electron chi connectivity index (χ0n) is 20.2. The monoisotopic (exact) mass is 489 g/mol. The first-order valence-electron chi connectivity index (χ1n) is 12.0. The summed E-state index contributed by atoms with van der Waals surface area (Å²) in [4.78, 5) is 29.3. The molecule has 0 bridgehead atoms. The zero-order valence-corrected chi connectivity index (χ0v) is 21.1. The van der Waals surface area contributed by atoms with E-state index in [9.17, 15) is 9.59 Å². The molecule has 0 saturated heterocycles. The summed E-state index contributed by atoms with van der Waals surface area (Å²) in [6, 6.07) is 14.7. The van der Waals surface area contributed by atoms with Crippen LogP contribution in [0.2, 0.25) is 0 Å². The SMILES string of the molecule is CCCC/C=C/C(=O)Oc1ccc(-c2cnc(-c3ccc(OC(=O)/C=C/CCCC)cc3)s2)cc1. The first-order chi connectivity index (χ1) is 17.1. The second kappa shape index (κ2) is 14.0. The number of unbranched alkanes of at least 4 members (excludes halogenated alkanes) is 4. The van der Waals surface area contributed by atoms with Crippen LogP contribution < -0.4 is 9.47 Å². The summed E-state index contributed by atoms with van der Waals surface area (Å²) in [7, 11) is 0. The molecular formula is C29H31NO4S. The van der Waals surface area contributed by atoms with Gasteiger partial charge in [-0.3, -0.25) is 0 Å². The minimum absolute atomic E-state index is 0.365. The lowest BCUT2D eigenvalue weighted by molar-refractivity contribution is -0.129. The van der Waals surface area contributed by atoms with Crippen molar-refractivity contribution in [3.63, 3.8) is 0 Å². The Morgan fingerprint density at radius 1 is 0.771 bits per heavy atom. The lowest BCUT2D eigenvalue weighted by Gasteiger charge is -2.03. The number of ether oxygens (including phenoxy) is 2. The molecule has 0 spiro atoms. The largest absolute Gasteiger partial charge is 0.423 e. The maximum absolute atomic E-state index is 11.9. The van der Waals surface area contributed by atoms with Gasteiger partial charge in [-0.2, -0.15) is 0 Å². The van der Waals surface area contributed by atoms with Crippen LogP contribution >= 0.6 is 11.3 Å². The standard InChI is InChI=1S/C29H31NO4S/c1-3-5-7-9-11-27(31)33-24-17-13-22(14-18-24)26-21-30-29(35-26)23-15-19-25(20-16-23)34-28(32)12-10-8-6-4-2/h9-21H,3-8H2,1-2H3/b11-9+,12-10+. The second-order valence-corrected chi connectivity index (χ2v) is 9.04. The number of aromatic nitrogens is 1. The summed E-state index contributed by atoms with van der Waals surface area (Å²) in [5, 5.41) is 0.866. The first-order valence-corrected chi connectivity index (χ1v) is 12.8. The third-order valence-corrected chi connectivity index (χ3v) is 6.23. The van der Waals surface area contributed by atoms with Crippen LogP contribution in [0.15, 0.2) is 79.0 Å². The highest BCUT2D eigenvalue weighted by atomic mass is 32.1. The van der Waals surface area contributed by atoms with Crippen molar-refractivity contribution in [3.05, 3.63) is 79.0 Å². The summed E-state index contributed by atoms with van der Waals surface area (Å²) in [6.45, 7) is 4.23. The van der Waals surface area contributed by atoms with E-state index in [1.165, 1.54) is 12.2 Å². The summed E-state index contributed by atoms with van der Waals surface area (Å²) >= 11 is 1.56. The maximum atomic E-state index is 11.9. The Morgan fingerprint density at radius 2 is 1.26 bits per heavy atom. The Morgan fingerprint density at radius 3 is 1.74 bits per heavy atom. The predicted octanol–water partition coefficient (Wildman–Crippen LogP) is 7.78. The lowest BCUT2D eigenvalue weighted by Crippen LogP contribution is -2.03. The van der Waals surface area contributed by atoms with Crippen LogP contribution in [0.25, 0.3) is 21.0 Å². The Labute approximate surface area is 211 Å². The van der Waals surface area contributed by atoms with E-state index >= 15 is 0 Å². The van der Waals surface area contributed by atoms with Crippen LogP contribution in [0.5, 0.6) is 11.5 Å². The van der Waals surface area contributed by atoms with Gasteiger partial charge in [-0.25, -0.2) is 14.6 Å². The van der Waals surface area contributed by atoms with Gasteiger partial charge in [0.25, 0.3) is 0 Å². The molecule has 3 aromatic rings. The molecule has 1 heterocycles. The predicted molar refractivity (Wildman–Crippen MR) is 142 cm³/mol. The van der Waals surface area contributed by atoms with Crippen molar-refractivity contribution in [1.29, 1.82) is 0 Å². The normalized spacial score (nSPS) is 11.3. The quantitative estimate of drug-likeness (QED) is 0.112. The highest BCUT2D eigenvalue weighted by Gasteiger charge is 2.09. The lowest BCUT2D eigenvalue weighted by atomic mass is 10.2. The molecule has 35 heavy (non-hydrogen) atoms. The smallest absolute Gasteiger partial charge is 0.335 e. The van der Waals surface area contributed by atoms with Crippen molar-refractivity contribution in [3.8, 4) is 32.5 Å². The molecule has 3 rings (SSSR count). The van der Waals surface area contributed by atoms with E-state index in [1.807, 2.05) is 42.6 Å². The topological polar surface area (TPSA) is 65.5 Å². The van der Waals surface area contributed by atoms with E-state index < -0.39 is 0 Å². The molecular weight excluding hydrogens is 458 g/mol. The molecule has 0 aliphatic carbocycles. The Kier molecular flexibility index (Phi) is 10.5. The molecule has 0 aliphatic heterocycles. The number of nitrogens with zero attached hydrogens (tertiary/aromatic N) is 1. The number of esters is 2. The van der Waals surface area contributed by atoms with Crippen molar-refractivity contribution < 1.29 is 19.1 Å². The number of thiazole rings is 1. The van der Waals surface area contributed by atoms with Crippen LogP contribution in [0.4, 0.5) is 0 Å². The summed E-state index contributed by atoms with van der Waals surface area (Å²) < 4.78 is 10.7. The molecule has 0 saturated carbocycles. The molecule has 0 fully saturated rings. The maximum Gasteiger partial charge on any atom is 0.335 e. The highest BCUT2D eigenvalue weighted by molar-refractivity contribution is 7.18. The van der Waals surface area contributed by atoms with Crippen LogP contribution in [-0.4, -0.2) is 16.9 Å². The molecule has 1 aromatic heterocycles. The molecule has 0 N–H and O–H groups in total. The molecule has 2 aromatic carbocycles. The molecule has 0 aliphatic rings. The van der Waals surface area contributed by atoms with Gasteiger partial charge in [0.1, 0.15) is 16.5 Å². The molecule has 5 nitrogen and oxygen atoms in total. The van der Waals surface area contributed by atoms with Gasteiger partial charge in [-0.05, 0) is 66.9 Å². The van der Waals surface area contributed by atoms with Crippen molar-refractivity contribution in [2.45, 2.75) is 52.4 Å². The van der Waals surface area contributed by atoms with Gasteiger partial charge in [0.2, 0.25) is 0 Å². The van der Waals surface area contributed by atoms with Gasteiger partial charge >= 0.3 is 11.9 Å². The third kappa shape index (κ3) is 8.65. The van der Waals surface area contributed by atoms with Gasteiger partial charge in [-0.1, -0.05) is 51.7 Å². The van der Waals surface area contributed by atoms with Gasteiger partial charge in [-0.15, -0.1) is 11.3 Å². The van der Waals surface area contributed by atoms with E-state index in [2.05, 4.69) is 18.8 Å². The Balaban J connectivity index is 1.57. The van der Waals surface area contributed by atoms with Gasteiger partial charge < -0.3 is 9.47 Å². The molecule has 0 amide bonds. The van der Waals surface area contributed by atoms with E-state index in [-0.39, 0.29) is 11.9 Å². The minimum atomic E-state index is -0.368. The van der Waals surface area contributed by atoms with Crippen LogP contribution in [0, 0.1) is 0 Å². The number of carbonyl (C=O) groups is 2. The first kappa shape index (κ1) is 26.1. The fourth-order valence-electron chi connectivity index (χ4n) is 3.20. The summed E-state index contributed by atoms with van der Waals surface area (Å²) in [6.07, 6.45) is 14.5. The van der Waals surface area contributed by atoms with Crippen molar-refractivity contribution >= 4 is 23.3 Å². The minimum Gasteiger partial charge on any atom is -0.423 e. The number of hydrogen-bond acceptors (Lipinski definition) is 6. The van der Waals surface area contributed by atoms with Gasteiger partial charge in [0.15, 0.2) is 0 Å². The third-order valence-electron chi connectivity index (χ3n) is 5.14. The number of benzene rings is 2. The molecule has 0 atom stereocenters. The fourth-order valence-corrected chi connectivity index (χ4v) is 4.12. The van der Waals surface area contributed by atoms with Gasteiger partial charge in [0.05, 0.1) is 4.88 Å². The number of carbonyl (C=O) groups excluding carboxylic acids is 2. The molecule has 182 valence electrons. The van der Waals surface area contributed by atoms with Crippen molar-refractivity contribution in [1.82, 2.24) is 4.98 Å². The highest BCUT2D eigenvalue weighted by Crippen LogP contribution is 2.33. The molecule has 6 heteroatoms. The molecule has 0 radical (unpaired) electrons. The van der Waals surface area contributed by atoms with Crippen LogP contribution in [0.1, 0.15) is 52.4 Å². The van der Waals surface area contributed by atoms with E-state index in [0.29, 0.717) is 11.5 Å². The Bertz CT molecular complexity index is 1050. The van der Waals surface area contributed by atoms with Gasteiger partial charge in [0, 0.05) is 23.9 Å². The average molecular weight is 490 g/mol. The zero-order chi connectivity index (χ0) is 24.9. The van der Waals surface area contributed by atoms with Crippen LogP contribution in [-0.2, 0) is 9.59 Å². The number of hydrogen-bond donors (Lipinski definition) is 0. The summed E-state index contributed by atoms with van der Waals surface area (Å²) in [5.74, 6) is 0.276. The number of allylic oxidation sites excluding steroid dienone is 2. The molecule has 0 unspecified atom stereocenters. The number of rotatable bonds is 12. The second-order valence-electron chi connectivity index (χ2n) is 8.01. The fraction of sp³-hybridized carbons (Fsp3) is 0.276. The van der Waals surface area contributed by atoms with Crippen molar-refractivity contribution in [2.24, 2.45) is 0 Å². The summed E-state index contributed by atoms with van der Waals surface area (Å²) in [5.41, 5.74) is 1.94. The van der Waals surface area contributed by atoms with Crippen LogP contribution in [0.3, 0.4) is 0 Å². The van der Waals surface area contributed by atoms with E-state index in [4.69, 9.17) is 9.47 Å². The Hall–Kier alpha value is -3.51. The average Bonchev–Trinajstić information content (AvgIpc) is 3.36.